The van der Waals surface area contributed by atoms with E-state index in [1.54, 1.807) is 0 Å². The minimum atomic E-state index is 0.220. The van der Waals surface area contributed by atoms with Gasteiger partial charge in [0.25, 0.3) is 0 Å². The molecular formula is C17H26N4. The summed E-state index contributed by atoms with van der Waals surface area (Å²) in [5.41, 5.74) is 10.1. The van der Waals surface area contributed by atoms with Gasteiger partial charge in [0.05, 0.1) is 18.3 Å². The van der Waals surface area contributed by atoms with Crippen LogP contribution < -0.4 is 5.73 Å². The summed E-state index contributed by atoms with van der Waals surface area (Å²) in [5, 5.41) is 4.74. The number of hydrogen-bond donors (Lipinski definition) is 1. The van der Waals surface area contributed by atoms with Crippen LogP contribution in [0.3, 0.4) is 0 Å². The first-order chi connectivity index (χ1) is 10.2. The number of fused-ring (bicyclic) bond motifs is 1. The van der Waals surface area contributed by atoms with Crippen molar-refractivity contribution in [3.05, 3.63) is 41.5 Å². The molecule has 1 aliphatic carbocycles. The van der Waals surface area contributed by atoms with E-state index in [0.29, 0.717) is 6.04 Å². The lowest BCUT2D eigenvalue weighted by Gasteiger charge is -2.17. The van der Waals surface area contributed by atoms with Gasteiger partial charge in [-0.2, -0.15) is 5.10 Å². The van der Waals surface area contributed by atoms with Crippen LogP contribution in [0.15, 0.2) is 24.7 Å². The molecule has 1 unspecified atom stereocenters. The van der Waals surface area contributed by atoms with E-state index in [9.17, 15) is 0 Å². The highest BCUT2D eigenvalue weighted by Crippen LogP contribution is 2.28. The highest BCUT2D eigenvalue weighted by Gasteiger charge is 2.19. The molecule has 4 nitrogen and oxygen atoms in total. The molecule has 2 N–H and O–H groups in total. The molecule has 3 rings (SSSR count). The zero-order valence-electron chi connectivity index (χ0n) is 13.1. The smallest absolute Gasteiger partial charge is 0.0821 e. The van der Waals surface area contributed by atoms with Gasteiger partial charge in [-0.15, -0.1) is 0 Å². The molecule has 0 aromatic carbocycles. The standard InChI is InChI=1S/C17H26N4/c1-3-15(4-2)21-9-8-14(19-21)11-20-10-13-6-5-7-17(18)16(13)12-20/h8-10,12,15,17H,3-7,11,18H2,1-2H3. The lowest BCUT2D eigenvalue weighted by atomic mass is 9.92. The Balaban J connectivity index is 1.75. The van der Waals surface area contributed by atoms with Crippen molar-refractivity contribution in [1.82, 2.24) is 14.3 Å². The maximum Gasteiger partial charge on any atom is 0.0821 e. The quantitative estimate of drug-likeness (QED) is 0.915. The van der Waals surface area contributed by atoms with E-state index >= 15 is 0 Å². The molecule has 2 heterocycles. The van der Waals surface area contributed by atoms with E-state index in [4.69, 9.17) is 10.8 Å². The van der Waals surface area contributed by atoms with Crippen molar-refractivity contribution >= 4 is 0 Å². The lowest BCUT2D eigenvalue weighted by Crippen LogP contribution is -2.15. The summed E-state index contributed by atoms with van der Waals surface area (Å²) in [6.07, 6.45) is 12.3. The molecule has 0 bridgehead atoms. The zero-order chi connectivity index (χ0) is 14.8. The summed E-state index contributed by atoms with van der Waals surface area (Å²) in [6.45, 7) is 5.28. The minimum Gasteiger partial charge on any atom is -0.348 e. The van der Waals surface area contributed by atoms with Crippen LogP contribution in [-0.2, 0) is 13.0 Å². The van der Waals surface area contributed by atoms with Gasteiger partial charge in [0.2, 0.25) is 0 Å². The second-order valence-electron chi connectivity index (χ2n) is 6.17. The summed E-state index contributed by atoms with van der Waals surface area (Å²) in [4.78, 5) is 0. The van der Waals surface area contributed by atoms with Crippen molar-refractivity contribution in [2.45, 2.75) is 64.6 Å². The van der Waals surface area contributed by atoms with E-state index in [1.807, 2.05) is 0 Å². The van der Waals surface area contributed by atoms with Crippen molar-refractivity contribution in [3.8, 4) is 0 Å². The Labute approximate surface area is 126 Å². The molecule has 2 aromatic heterocycles. The topological polar surface area (TPSA) is 48.8 Å². The van der Waals surface area contributed by atoms with E-state index < -0.39 is 0 Å². The Morgan fingerprint density at radius 2 is 2.14 bits per heavy atom. The first-order valence-corrected chi connectivity index (χ1v) is 8.19. The van der Waals surface area contributed by atoms with Gasteiger partial charge in [0, 0.05) is 24.6 Å². The van der Waals surface area contributed by atoms with Crippen LogP contribution in [0.2, 0.25) is 0 Å². The predicted molar refractivity (Wildman–Crippen MR) is 85.2 cm³/mol. The fourth-order valence-corrected chi connectivity index (χ4v) is 3.39. The number of aromatic nitrogens is 3. The van der Waals surface area contributed by atoms with Gasteiger partial charge in [-0.05, 0) is 49.3 Å². The third-order valence-corrected chi connectivity index (χ3v) is 4.68. The molecule has 0 amide bonds. The lowest BCUT2D eigenvalue weighted by molar-refractivity contribution is 0.424. The van der Waals surface area contributed by atoms with E-state index in [0.717, 1.165) is 37.9 Å². The van der Waals surface area contributed by atoms with Crippen molar-refractivity contribution < 1.29 is 0 Å². The fourth-order valence-electron chi connectivity index (χ4n) is 3.39. The Morgan fingerprint density at radius 3 is 2.86 bits per heavy atom. The van der Waals surface area contributed by atoms with E-state index in [2.05, 4.69) is 47.8 Å². The number of rotatable bonds is 5. The van der Waals surface area contributed by atoms with Crippen LogP contribution in [0.25, 0.3) is 0 Å². The van der Waals surface area contributed by atoms with Crippen molar-refractivity contribution in [2.75, 3.05) is 0 Å². The number of aryl methyl sites for hydroxylation is 1. The number of hydrogen-bond acceptors (Lipinski definition) is 2. The molecule has 0 spiro atoms. The molecule has 2 aromatic rings. The molecule has 1 atom stereocenters. The van der Waals surface area contributed by atoms with Gasteiger partial charge < -0.3 is 10.3 Å². The Kier molecular flexibility index (Phi) is 4.15. The van der Waals surface area contributed by atoms with Gasteiger partial charge in [-0.1, -0.05) is 13.8 Å². The summed E-state index contributed by atoms with van der Waals surface area (Å²) in [5.74, 6) is 0. The van der Waals surface area contributed by atoms with Crippen molar-refractivity contribution in [1.29, 1.82) is 0 Å². The molecule has 0 fully saturated rings. The normalized spacial score (nSPS) is 18.2. The average Bonchev–Trinajstić information content (AvgIpc) is 3.08. The van der Waals surface area contributed by atoms with Gasteiger partial charge in [0.15, 0.2) is 0 Å². The van der Waals surface area contributed by atoms with Gasteiger partial charge in [-0.3, -0.25) is 4.68 Å². The Morgan fingerprint density at radius 1 is 1.33 bits per heavy atom. The van der Waals surface area contributed by atoms with E-state index in [-0.39, 0.29) is 6.04 Å². The Bertz CT molecular complexity index is 592. The fraction of sp³-hybridized carbons (Fsp3) is 0.588. The maximum absolute atomic E-state index is 6.20. The Hall–Kier alpha value is -1.55. The van der Waals surface area contributed by atoms with Gasteiger partial charge >= 0.3 is 0 Å². The second-order valence-corrected chi connectivity index (χ2v) is 6.17. The third-order valence-electron chi connectivity index (χ3n) is 4.68. The molecule has 4 heteroatoms. The van der Waals surface area contributed by atoms with Crippen LogP contribution >= 0.6 is 0 Å². The van der Waals surface area contributed by atoms with Crippen molar-refractivity contribution in [3.63, 3.8) is 0 Å². The van der Waals surface area contributed by atoms with Crippen LogP contribution in [0, 0.1) is 0 Å². The summed E-state index contributed by atoms with van der Waals surface area (Å²) >= 11 is 0. The van der Waals surface area contributed by atoms with Crippen LogP contribution in [0.1, 0.15) is 68.4 Å². The molecular weight excluding hydrogens is 260 g/mol. The van der Waals surface area contributed by atoms with Crippen LogP contribution in [0.5, 0.6) is 0 Å². The number of nitrogens with zero attached hydrogens (tertiary/aromatic N) is 3. The maximum atomic E-state index is 6.20. The molecule has 21 heavy (non-hydrogen) atoms. The predicted octanol–water partition coefficient (Wildman–Crippen LogP) is 3.43. The number of nitrogens with two attached hydrogens (primary N) is 1. The highest BCUT2D eigenvalue weighted by molar-refractivity contribution is 5.30. The van der Waals surface area contributed by atoms with Crippen molar-refractivity contribution in [2.24, 2.45) is 5.73 Å². The summed E-state index contributed by atoms with van der Waals surface area (Å²) < 4.78 is 4.36. The first-order valence-electron chi connectivity index (χ1n) is 8.19. The van der Waals surface area contributed by atoms with Crippen LogP contribution in [-0.4, -0.2) is 14.3 Å². The van der Waals surface area contributed by atoms with E-state index in [1.165, 1.54) is 17.5 Å². The molecule has 0 aliphatic heterocycles. The minimum absolute atomic E-state index is 0.220. The largest absolute Gasteiger partial charge is 0.348 e. The monoisotopic (exact) mass is 286 g/mol. The molecule has 0 radical (unpaired) electrons. The molecule has 1 aliphatic rings. The SMILES string of the molecule is CCC(CC)n1ccc(Cn2cc3c(c2)C(N)CCC3)n1. The summed E-state index contributed by atoms with van der Waals surface area (Å²) in [7, 11) is 0. The zero-order valence-corrected chi connectivity index (χ0v) is 13.1. The third kappa shape index (κ3) is 2.91. The molecule has 0 saturated carbocycles. The molecule has 0 saturated heterocycles. The second kappa shape index (κ2) is 6.06. The van der Waals surface area contributed by atoms with Gasteiger partial charge in [-0.25, -0.2) is 0 Å². The first kappa shape index (κ1) is 14.4. The molecule has 114 valence electrons. The van der Waals surface area contributed by atoms with Crippen LogP contribution in [0.4, 0.5) is 0 Å². The highest BCUT2D eigenvalue weighted by atomic mass is 15.3. The summed E-state index contributed by atoms with van der Waals surface area (Å²) in [6, 6.07) is 2.87. The van der Waals surface area contributed by atoms with Gasteiger partial charge in [0.1, 0.15) is 0 Å². The average molecular weight is 286 g/mol.